The maximum Gasteiger partial charge on any atom is 0.323 e. The third-order valence-electron chi connectivity index (χ3n) is 2.03. The van der Waals surface area contributed by atoms with Gasteiger partial charge in [0.25, 0.3) is 0 Å². The summed E-state index contributed by atoms with van der Waals surface area (Å²) >= 11 is 1.53. The van der Waals surface area contributed by atoms with E-state index >= 15 is 0 Å². The molecule has 0 heterocycles. The first-order chi connectivity index (χ1) is 7.69. The normalized spacial score (nSPS) is 12.1. The number of carbonyl (C=O) groups is 1. The van der Waals surface area contributed by atoms with Crippen LogP contribution in [0, 0.1) is 0 Å². The van der Waals surface area contributed by atoms with E-state index in [0.717, 1.165) is 11.3 Å². The van der Waals surface area contributed by atoms with Crippen LogP contribution in [0.4, 0.5) is 0 Å². The van der Waals surface area contributed by atoms with Gasteiger partial charge in [0.05, 0.1) is 6.61 Å². The fourth-order valence-corrected chi connectivity index (χ4v) is 2.22. The van der Waals surface area contributed by atoms with Crippen LogP contribution in [0.5, 0.6) is 5.75 Å². The average molecular weight is 240 g/mol. The van der Waals surface area contributed by atoms with Gasteiger partial charge in [0.1, 0.15) is 11.0 Å². The third kappa shape index (κ3) is 3.45. The summed E-state index contributed by atoms with van der Waals surface area (Å²) in [5.74, 6) is 0.817. The van der Waals surface area contributed by atoms with Crippen LogP contribution in [0.15, 0.2) is 24.3 Å². The Kier molecular flexibility index (Phi) is 5.19. The molecule has 0 aliphatic carbocycles. The molecule has 1 unspecified atom stereocenters. The number of benzene rings is 1. The minimum atomic E-state index is -0.300. The Morgan fingerprint density at radius 1 is 1.38 bits per heavy atom. The van der Waals surface area contributed by atoms with Crippen LogP contribution in [0.25, 0.3) is 0 Å². The average Bonchev–Trinajstić information content (AvgIpc) is 2.28. The van der Waals surface area contributed by atoms with E-state index in [0.29, 0.717) is 6.61 Å². The number of phenols is 1. The molecular weight excluding hydrogens is 224 g/mol. The van der Waals surface area contributed by atoms with Crippen LogP contribution in [0.2, 0.25) is 0 Å². The third-order valence-corrected chi connectivity index (χ3v) is 3.16. The largest absolute Gasteiger partial charge is 0.508 e. The Morgan fingerprint density at radius 2 is 2.00 bits per heavy atom. The Hall–Kier alpha value is -1.16. The van der Waals surface area contributed by atoms with Crippen LogP contribution >= 0.6 is 11.8 Å². The van der Waals surface area contributed by atoms with Gasteiger partial charge in [-0.25, -0.2) is 0 Å². The van der Waals surface area contributed by atoms with Gasteiger partial charge in [-0.1, -0.05) is 19.1 Å². The molecule has 0 saturated carbocycles. The van der Waals surface area contributed by atoms with Gasteiger partial charge in [-0.2, -0.15) is 0 Å². The predicted octanol–water partition coefficient (Wildman–Crippen LogP) is 2.75. The van der Waals surface area contributed by atoms with Gasteiger partial charge in [-0.15, -0.1) is 11.8 Å². The summed E-state index contributed by atoms with van der Waals surface area (Å²) in [4.78, 5) is 11.7. The van der Waals surface area contributed by atoms with Crippen molar-refractivity contribution in [3.05, 3.63) is 29.8 Å². The maximum absolute atomic E-state index is 11.7. The number of phenolic OH excluding ortho intramolecular Hbond substituents is 1. The lowest BCUT2D eigenvalue weighted by molar-refractivity contribution is -0.142. The molecule has 0 spiro atoms. The van der Waals surface area contributed by atoms with E-state index in [1.54, 1.807) is 31.2 Å². The minimum Gasteiger partial charge on any atom is -0.508 e. The van der Waals surface area contributed by atoms with Gasteiger partial charge in [-0.05, 0) is 30.4 Å². The SMILES string of the molecule is CCOC(=O)C(SCC)c1ccc(O)cc1. The zero-order chi connectivity index (χ0) is 12.0. The molecule has 88 valence electrons. The van der Waals surface area contributed by atoms with E-state index in [9.17, 15) is 9.90 Å². The summed E-state index contributed by atoms with van der Waals surface area (Å²) in [5, 5.41) is 8.89. The summed E-state index contributed by atoms with van der Waals surface area (Å²) in [6.07, 6.45) is 0. The standard InChI is InChI=1S/C12H16O3S/c1-3-15-12(14)11(16-4-2)9-5-7-10(13)8-6-9/h5-8,11,13H,3-4H2,1-2H3. The van der Waals surface area contributed by atoms with E-state index in [4.69, 9.17) is 4.74 Å². The summed E-state index contributed by atoms with van der Waals surface area (Å²) in [6, 6.07) is 6.66. The van der Waals surface area contributed by atoms with Crippen LogP contribution in [0.1, 0.15) is 24.7 Å². The van der Waals surface area contributed by atoms with E-state index in [1.807, 2.05) is 6.92 Å². The van der Waals surface area contributed by atoms with Crippen molar-refractivity contribution in [2.45, 2.75) is 19.1 Å². The number of thioether (sulfide) groups is 1. The second kappa shape index (κ2) is 6.43. The molecule has 0 aliphatic rings. The molecule has 0 radical (unpaired) electrons. The van der Waals surface area contributed by atoms with Gasteiger partial charge >= 0.3 is 5.97 Å². The molecule has 1 aromatic carbocycles. The molecule has 0 fully saturated rings. The molecule has 0 amide bonds. The monoisotopic (exact) mass is 240 g/mol. The number of hydrogen-bond acceptors (Lipinski definition) is 4. The van der Waals surface area contributed by atoms with Gasteiger partial charge in [-0.3, -0.25) is 4.79 Å². The molecule has 4 heteroatoms. The first kappa shape index (κ1) is 12.9. The molecule has 16 heavy (non-hydrogen) atoms. The summed E-state index contributed by atoms with van der Waals surface area (Å²) in [5.41, 5.74) is 0.864. The van der Waals surface area contributed by atoms with Crippen LogP contribution in [-0.2, 0) is 9.53 Å². The van der Waals surface area contributed by atoms with Crippen molar-refractivity contribution in [1.82, 2.24) is 0 Å². The van der Waals surface area contributed by atoms with E-state index in [1.165, 1.54) is 11.8 Å². The van der Waals surface area contributed by atoms with Crippen LogP contribution < -0.4 is 0 Å². The Morgan fingerprint density at radius 3 is 2.50 bits per heavy atom. The van der Waals surface area contributed by atoms with Gasteiger partial charge < -0.3 is 9.84 Å². The molecule has 1 aromatic rings. The topological polar surface area (TPSA) is 46.5 Å². The smallest absolute Gasteiger partial charge is 0.323 e. The molecule has 1 rings (SSSR count). The first-order valence-electron chi connectivity index (χ1n) is 5.26. The fraction of sp³-hybridized carbons (Fsp3) is 0.417. The fourth-order valence-electron chi connectivity index (χ4n) is 1.33. The zero-order valence-corrected chi connectivity index (χ0v) is 10.3. The van der Waals surface area contributed by atoms with E-state index in [-0.39, 0.29) is 17.0 Å². The highest BCUT2D eigenvalue weighted by atomic mass is 32.2. The molecule has 1 atom stereocenters. The van der Waals surface area contributed by atoms with Crippen molar-refractivity contribution in [1.29, 1.82) is 0 Å². The van der Waals surface area contributed by atoms with Crippen LogP contribution in [0.3, 0.4) is 0 Å². The predicted molar refractivity (Wildman–Crippen MR) is 65.6 cm³/mol. The lowest BCUT2D eigenvalue weighted by atomic mass is 10.1. The molecule has 0 aromatic heterocycles. The van der Waals surface area contributed by atoms with E-state index < -0.39 is 0 Å². The molecule has 0 saturated heterocycles. The van der Waals surface area contributed by atoms with E-state index in [2.05, 4.69) is 0 Å². The van der Waals surface area contributed by atoms with Crippen molar-refractivity contribution >= 4 is 17.7 Å². The molecule has 3 nitrogen and oxygen atoms in total. The Labute approximate surface area is 99.8 Å². The van der Waals surface area contributed by atoms with Gasteiger partial charge in [0.2, 0.25) is 0 Å². The lowest BCUT2D eigenvalue weighted by Crippen LogP contribution is -2.13. The zero-order valence-electron chi connectivity index (χ0n) is 9.47. The van der Waals surface area contributed by atoms with Crippen molar-refractivity contribution in [3.63, 3.8) is 0 Å². The number of ether oxygens (including phenoxy) is 1. The summed E-state index contributed by atoms with van der Waals surface area (Å²) < 4.78 is 5.02. The second-order valence-corrected chi connectivity index (χ2v) is 4.56. The van der Waals surface area contributed by atoms with Crippen molar-refractivity contribution < 1.29 is 14.6 Å². The van der Waals surface area contributed by atoms with Crippen molar-refractivity contribution in [3.8, 4) is 5.75 Å². The second-order valence-electron chi connectivity index (χ2n) is 3.18. The first-order valence-corrected chi connectivity index (χ1v) is 6.31. The number of carbonyl (C=O) groups excluding carboxylic acids is 1. The Bertz CT molecular complexity index is 335. The number of esters is 1. The lowest BCUT2D eigenvalue weighted by Gasteiger charge is -2.14. The number of rotatable bonds is 5. The molecule has 0 aliphatic heterocycles. The van der Waals surface area contributed by atoms with Crippen molar-refractivity contribution in [2.75, 3.05) is 12.4 Å². The van der Waals surface area contributed by atoms with Crippen LogP contribution in [-0.4, -0.2) is 23.4 Å². The quantitative estimate of drug-likeness (QED) is 0.804. The molecule has 0 bridgehead atoms. The van der Waals surface area contributed by atoms with Gasteiger partial charge in [0, 0.05) is 0 Å². The highest BCUT2D eigenvalue weighted by Crippen LogP contribution is 2.30. The number of aromatic hydroxyl groups is 1. The minimum absolute atomic E-state index is 0.202. The summed E-state index contributed by atoms with van der Waals surface area (Å²) in [6.45, 7) is 4.18. The highest BCUT2D eigenvalue weighted by molar-refractivity contribution is 8.00. The van der Waals surface area contributed by atoms with Crippen molar-refractivity contribution in [2.24, 2.45) is 0 Å². The highest BCUT2D eigenvalue weighted by Gasteiger charge is 2.21. The summed E-state index contributed by atoms with van der Waals surface area (Å²) in [7, 11) is 0. The number of hydrogen-bond donors (Lipinski definition) is 1. The maximum atomic E-state index is 11.7. The van der Waals surface area contributed by atoms with Gasteiger partial charge in [0.15, 0.2) is 0 Å². The molecule has 1 N–H and O–H groups in total. The Balaban J connectivity index is 2.84. The molecular formula is C12H16O3S.